The molecule has 0 unspecified atom stereocenters. The van der Waals surface area contributed by atoms with E-state index < -0.39 is 0 Å². The fourth-order valence-electron chi connectivity index (χ4n) is 4.61. The Hall–Kier alpha value is -2.88. The molecule has 5 rings (SSSR count). The van der Waals surface area contributed by atoms with Crippen LogP contribution in [-0.2, 0) is 6.42 Å². The van der Waals surface area contributed by atoms with E-state index in [1.165, 1.54) is 0 Å². The summed E-state index contributed by atoms with van der Waals surface area (Å²) in [5, 5.41) is 3.50. The number of aromatic amines is 1. The van der Waals surface area contributed by atoms with Crippen molar-refractivity contribution >= 4 is 17.2 Å². The molecule has 2 aliphatic rings. The number of Topliss-reactive ketones (excluding diaryl/α,β-unsaturated/α-hetero) is 1. The fraction of sp³-hybridized carbons (Fsp3) is 0.273. The maximum Gasteiger partial charge on any atom is 0.170 e. The number of hydrogen-bond donors (Lipinski definition) is 2. The minimum Gasteiger partial charge on any atom is -0.356 e. The zero-order valence-corrected chi connectivity index (χ0v) is 14.9. The van der Waals surface area contributed by atoms with Crippen LogP contribution < -0.4 is 5.32 Å². The number of H-pyrrole nitrogens is 1. The molecule has 0 aliphatic heterocycles. The molecule has 0 saturated heterocycles. The Balaban J connectivity index is 1.68. The molecule has 3 aromatic rings. The second kappa shape index (κ2) is 5.31. The average Bonchev–Trinajstić information content (AvgIpc) is 3.03. The van der Waals surface area contributed by atoms with Gasteiger partial charge in [0.2, 0.25) is 0 Å². The molecule has 2 heterocycles. The predicted octanol–water partition coefficient (Wildman–Crippen LogP) is 4.83. The summed E-state index contributed by atoms with van der Waals surface area (Å²) in [6.45, 7) is 4.43. The van der Waals surface area contributed by atoms with Gasteiger partial charge >= 0.3 is 0 Å². The van der Waals surface area contributed by atoms with Gasteiger partial charge in [0.25, 0.3) is 0 Å². The molecule has 0 amide bonds. The summed E-state index contributed by atoms with van der Waals surface area (Å²) in [4.78, 5) is 20.9. The summed E-state index contributed by atoms with van der Waals surface area (Å²) in [5.74, 6) is 0.869. The van der Waals surface area contributed by atoms with Gasteiger partial charge in [0.1, 0.15) is 0 Å². The lowest BCUT2D eigenvalue weighted by molar-refractivity contribution is 0.0939. The van der Waals surface area contributed by atoms with E-state index >= 15 is 0 Å². The molecule has 0 radical (unpaired) electrons. The fourth-order valence-corrected chi connectivity index (χ4v) is 4.61. The van der Waals surface area contributed by atoms with E-state index in [2.05, 4.69) is 29.1 Å². The predicted molar refractivity (Wildman–Crippen MR) is 103 cm³/mol. The molecule has 1 aromatic carbocycles. The summed E-state index contributed by atoms with van der Waals surface area (Å²) in [5.41, 5.74) is 5.88. The van der Waals surface area contributed by atoms with Crippen LogP contribution in [-0.4, -0.2) is 15.8 Å². The van der Waals surface area contributed by atoms with Gasteiger partial charge < -0.3 is 10.3 Å². The van der Waals surface area contributed by atoms with Gasteiger partial charge in [-0.3, -0.25) is 9.78 Å². The minimum atomic E-state index is 0.106. The summed E-state index contributed by atoms with van der Waals surface area (Å²) in [6, 6.07) is 14.0. The third-order valence-corrected chi connectivity index (χ3v) is 6.32. The number of hydrogen-bond acceptors (Lipinski definition) is 3. The Kier molecular flexibility index (Phi) is 3.14. The average molecular weight is 343 g/mol. The van der Waals surface area contributed by atoms with Gasteiger partial charge in [0, 0.05) is 35.3 Å². The number of aromatic nitrogens is 2. The van der Waals surface area contributed by atoms with Crippen LogP contribution in [0.5, 0.6) is 0 Å². The van der Waals surface area contributed by atoms with Crippen molar-refractivity contribution < 1.29 is 4.79 Å². The Morgan fingerprint density at radius 3 is 2.62 bits per heavy atom. The highest BCUT2D eigenvalue weighted by Gasteiger charge is 2.65. The van der Waals surface area contributed by atoms with Crippen molar-refractivity contribution in [3.05, 3.63) is 66.1 Å². The summed E-state index contributed by atoms with van der Waals surface area (Å²) >= 11 is 0. The maximum absolute atomic E-state index is 13.3. The third kappa shape index (κ3) is 2.08. The first-order valence-corrected chi connectivity index (χ1v) is 9.11. The largest absolute Gasteiger partial charge is 0.356 e. The third-order valence-electron chi connectivity index (χ3n) is 6.32. The molecule has 26 heavy (non-hydrogen) atoms. The second-order valence-electron chi connectivity index (χ2n) is 7.77. The standard InChI is InChI=1S/C22H21N3O/c1-13-18-21(26)17-16(12-22(13,18)2)25-19(14-8-10-23-11-9-14)20(17)24-15-6-4-3-5-7-15/h3-11,13,18,24-25H,12H2,1-2H3/t13-,18-,22-/m0/s1. The van der Waals surface area contributed by atoms with Crippen molar-refractivity contribution in [1.82, 2.24) is 9.97 Å². The summed E-state index contributed by atoms with van der Waals surface area (Å²) < 4.78 is 0. The molecule has 0 spiro atoms. The number of benzene rings is 1. The minimum absolute atomic E-state index is 0.106. The lowest BCUT2D eigenvalue weighted by atomic mass is 9.87. The highest BCUT2D eigenvalue weighted by molar-refractivity contribution is 6.10. The molecule has 2 N–H and O–H groups in total. The van der Waals surface area contributed by atoms with Crippen molar-refractivity contribution in [2.75, 3.05) is 5.32 Å². The van der Waals surface area contributed by atoms with Gasteiger partial charge in [-0.1, -0.05) is 32.0 Å². The van der Waals surface area contributed by atoms with Crippen LogP contribution >= 0.6 is 0 Å². The molecule has 0 bridgehead atoms. The van der Waals surface area contributed by atoms with E-state index in [1.54, 1.807) is 12.4 Å². The lowest BCUT2D eigenvalue weighted by Gasteiger charge is -2.18. The van der Waals surface area contributed by atoms with E-state index in [0.717, 1.165) is 40.3 Å². The monoisotopic (exact) mass is 343 g/mol. The maximum atomic E-state index is 13.3. The van der Waals surface area contributed by atoms with Gasteiger partial charge in [-0.15, -0.1) is 0 Å². The number of fused-ring (bicyclic) bond motifs is 2. The van der Waals surface area contributed by atoms with Gasteiger partial charge in [0.15, 0.2) is 5.78 Å². The van der Waals surface area contributed by atoms with E-state index in [0.29, 0.717) is 5.92 Å². The Bertz CT molecular complexity index is 993. The van der Waals surface area contributed by atoms with E-state index in [4.69, 9.17) is 0 Å². The van der Waals surface area contributed by atoms with E-state index in [1.807, 2.05) is 42.5 Å². The molecule has 3 atom stereocenters. The Morgan fingerprint density at radius 1 is 1.15 bits per heavy atom. The number of ketones is 1. The van der Waals surface area contributed by atoms with Crippen LogP contribution in [0.25, 0.3) is 11.3 Å². The number of nitrogens with zero attached hydrogens (tertiary/aromatic N) is 1. The van der Waals surface area contributed by atoms with Crippen molar-refractivity contribution in [2.45, 2.75) is 20.3 Å². The van der Waals surface area contributed by atoms with Crippen molar-refractivity contribution in [3.8, 4) is 11.3 Å². The number of carbonyl (C=O) groups excluding carboxylic acids is 1. The van der Waals surface area contributed by atoms with Crippen LogP contribution in [0.2, 0.25) is 0 Å². The molecule has 2 aliphatic carbocycles. The number of nitrogens with one attached hydrogen (secondary N) is 2. The number of anilines is 2. The van der Waals surface area contributed by atoms with Crippen LogP contribution in [0.15, 0.2) is 54.9 Å². The SMILES string of the molecule is C[C@H]1[C@H]2C(=O)c3c([nH]c(-c4ccncc4)c3Nc3ccccc3)C[C@]21C. The zero-order valence-electron chi connectivity index (χ0n) is 14.9. The summed E-state index contributed by atoms with van der Waals surface area (Å²) in [7, 11) is 0. The van der Waals surface area contributed by atoms with Crippen molar-refractivity contribution in [3.63, 3.8) is 0 Å². The quantitative estimate of drug-likeness (QED) is 0.716. The molecule has 4 nitrogen and oxygen atoms in total. The van der Waals surface area contributed by atoms with Gasteiger partial charge in [-0.2, -0.15) is 0 Å². The van der Waals surface area contributed by atoms with Crippen LogP contribution in [0.4, 0.5) is 11.4 Å². The molecule has 1 fully saturated rings. The van der Waals surface area contributed by atoms with Gasteiger partial charge in [-0.25, -0.2) is 0 Å². The second-order valence-corrected chi connectivity index (χ2v) is 7.77. The van der Waals surface area contributed by atoms with E-state index in [9.17, 15) is 4.79 Å². The first-order chi connectivity index (χ1) is 12.6. The zero-order chi connectivity index (χ0) is 17.9. The van der Waals surface area contributed by atoms with Crippen LogP contribution in [0, 0.1) is 17.3 Å². The number of para-hydroxylation sites is 1. The number of rotatable bonds is 3. The number of pyridine rings is 1. The van der Waals surface area contributed by atoms with Crippen molar-refractivity contribution in [1.29, 1.82) is 0 Å². The summed E-state index contributed by atoms with van der Waals surface area (Å²) in [6.07, 6.45) is 4.49. The van der Waals surface area contributed by atoms with Crippen LogP contribution in [0.3, 0.4) is 0 Å². The molecular formula is C22H21N3O. The molecule has 130 valence electrons. The smallest absolute Gasteiger partial charge is 0.170 e. The van der Waals surface area contributed by atoms with E-state index in [-0.39, 0.29) is 17.1 Å². The van der Waals surface area contributed by atoms with Gasteiger partial charge in [0.05, 0.1) is 16.9 Å². The molecular weight excluding hydrogens is 322 g/mol. The molecule has 2 aromatic heterocycles. The van der Waals surface area contributed by atoms with Crippen LogP contribution in [0.1, 0.15) is 29.9 Å². The highest BCUT2D eigenvalue weighted by Crippen LogP contribution is 2.65. The first kappa shape index (κ1) is 15.4. The lowest BCUT2D eigenvalue weighted by Crippen LogP contribution is -2.19. The number of carbonyl (C=O) groups is 1. The Labute approximate surface area is 152 Å². The molecule has 4 heteroatoms. The topological polar surface area (TPSA) is 57.8 Å². The highest BCUT2D eigenvalue weighted by atomic mass is 16.1. The first-order valence-electron chi connectivity index (χ1n) is 9.11. The normalized spacial score (nSPS) is 26.2. The Morgan fingerprint density at radius 2 is 1.88 bits per heavy atom. The van der Waals surface area contributed by atoms with Crippen molar-refractivity contribution in [2.24, 2.45) is 17.3 Å². The molecule has 1 saturated carbocycles. The van der Waals surface area contributed by atoms with Gasteiger partial charge in [-0.05, 0) is 42.0 Å².